The minimum atomic E-state index is -0.342. The fourth-order valence-electron chi connectivity index (χ4n) is 18.4. The number of hydrogen-bond acceptors (Lipinski definition) is 20. The first-order valence-corrected chi connectivity index (χ1v) is 44.7. The number of pyridine rings is 2. The quantitative estimate of drug-likeness (QED) is 0.0202. The van der Waals surface area contributed by atoms with Gasteiger partial charge >= 0.3 is 0 Å². The number of phenolic OH excluding ortho intramolecular Hbond substituents is 4. The second kappa shape index (κ2) is 45.8. The van der Waals surface area contributed by atoms with Crippen molar-refractivity contribution in [2.24, 2.45) is 23.7 Å². The lowest BCUT2D eigenvalue weighted by atomic mass is 9.83. The standard InChI is InChI=1S/C28H30FNO4.C28H27N3O4.C27H27FN2O4.C26H26FN3O4/c1-17-22(11-19-12-25(33-2)28(32)26(13-19)34-3)21-10-9-20(29)14-24(21)23(17)15-27(31)30-16-18-7-5-4-6-8-18;1-17-22(11-18-12-25(34-3)28(33)26(13-18)35-4)21-9-8-19(29-2)14-24(21)23(17)15-27(32)31-16-20-7-5-6-10-30-20;1-16-21(10-17-11-24(33-2)27(32)25(12-17)34-3)20-8-7-18(28)13-23(20)22(16)14-26(31)30-15-19-6-4-5-9-29-19;1-15-20(8-16-9-23(33-2)26(32)24(10-16)34-3)19-5-4-17(27)11-22(19)21(15)12-25(31)30-14-18-13-28-6-7-29-18/h4-10,12-14,17,22-23,32H,11,15-16H2,1-3H3,(H,30,31);5-14,17,23,33H,15-16H2,1,3-4H3,(H,31,32);4-13,16,22,32H,14-15H2,1-3H3,(H,30,31);4-11,13,15,21,32H,12,14H2,1-3H3,(H,30,31)/b;22-11-;21-10-;20-8-. The van der Waals surface area contributed by atoms with Gasteiger partial charge in [0.05, 0.1) is 106 Å². The van der Waals surface area contributed by atoms with Gasteiger partial charge in [-0.05, 0) is 258 Å². The number of aromatic nitrogens is 4. The maximum atomic E-state index is 14.2. The summed E-state index contributed by atoms with van der Waals surface area (Å²) in [6.45, 7) is 17.2. The molecule has 0 saturated carbocycles. The normalized spacial score (nSPS) is 18.1. The van der Waals surface area contributed by atoms with Gasteiger partial charge in [0.1, 0.15) is 17.5 Å². The van der Waals surface area contributed by atoms with Gasteiger partial charge in [0.25, 0.3) is 0 Å². The van der Waals surface area contributed by atoms with E-state index >= 15 is 0 Å². The van der Waals surface area contributed by atoms with Crippen LogP contribution < -0.4 is 59.2 Å². The third-order valence-corrected chi connectivity index (χ3v) is 25.6. The van der Waals surface area contributed by atoms with E-state index < -0.39 is 0 Å². The molecule has 9 atom stereocenters. The van der Waals surface area contributed by atoms with Gasteiger partial charge in [0.2, 0.25) is 46.6 Å². The van der Waals surface area contributed by atoms with Gasteiger partial charge in [-0.3, -0.25) is 39.1 Å². The van der Waals surface area contributed by atoms with Crippen LogP contribution in [-0.2, 0) is 51.8 Å². The highest BCUT2D eigenvalue weighted by atomic mass is 19.1. The van der Waals surface area contributed by atoms with E-state index in [1.807, 2.05) is 117 Å². The first kappa shape index (κ1) is 98.8. The van der Waals surface area contributed by atoms with E-state index in [2.05, 4.69) is 59.9 Å². The molecule has 3 heterocycles. The molecule has 0 fully saturated rings. The average molecular weight is 1860 g/mol. The SMILES string of the molecule is COc1cc(/C=C2\c3ccc(F)cc3C(CC(=O)NCc3ccccn3)C2C)cc(OC)c1O.COc1cc(/C=C2\c3ccc(F)cc3C(CC(=O)NCc3cnccn3)C2C)cc(OC)c1O.COc1cc(CC2c3ccc(F)cc3C(CC(=O)NCc3ccccc3)C2C)cc(OC)c1O.[C-]#[N+]c1ccc2c(c1)C(CC(=O)NCc1ccccn1)C(C)/C2=C/c1cc(OC)c(O)c(OC)c1. The minimum absolute atomic E-state index is 0.0253. The fourth-order valence-corrected chi connectivity index (χ4v) is 18.4. The van der Waals surface area contributed by atoms with Crippen LogP contribution in [0.4, 0.5) is 18.9 Å². The van der Waals surface area contributed by atoms with Gasteiger partial charge in [-0.25, -0.2) is 18.0 Å². The molecule has 4 aliphatic carbocycles. The monoisotopic (exact) mass is 1860 g/mol. The Bertz CT molecular complexity index is 6190. The molecule has 137 heavy (non-hydrogen) atoms. The van der Waals surface area contributed by atoms with Crippen LogP contribution in [0.1, 0.15) is 172 Å². The maximum Gasteiger partial charge on any atom is 0.220 e. The Labute approximate surface area is 794 Å². The zero-order valence-electron chi connectivity index (χ0n) is 78.1. The number of fused-ring (bicyclic) bond motifs is 4. The van der Waals surface area contributed by atoms with Gasteiger partial charge in [-0.1, -0.05) is 125 Å². The molecule has 12 aromatic rings. The van der Waals surface area contributed by atoms with Crippen LogP contribution in [-0.4, -0.2) is 121 Å². The van der Waals surface area contributed by atoms with Crippen molar-refractivity contribution in [2.75, 3.05) is 56.9 Å². The largest absolute Gasteiger partial charge is 0.502 e. The van der Waals surface area contributed by atoms with Crippen molar-refractivity contribution in [2.45, 2.75) is 116 Å². The number of hydrogen-bond donors (Lipinski definition) is 8. The summed E-state index contributed by atoms with van der Waals surface area (Å²) in [6.07, 6.45) is 15.8. The summed E-state index contributed by atoms with van der Waals surface area (Å²) in [5.41, 5.74) is 17.4. The summed E-state index contributed by atoms with van der Waals surface area (Å²) in [5, 5.41) is 52.7. The lowest BCUT2D eigenvalue weighted by Gasteiger charge is -2.22. The summed E-state index contributed by atoms with van der Waals surface area (Å²) in [5.74, 6) is 0.471. The molecule has 0 bridgehead atoms. The Morgan fingerprint density at radius 2 is 0.701 bits per heavy atom. The second-order valence-electron chi connectivity index (χ2n) is 33.8. The smallest absolute Gasteiger partial charge is 0.220 e. The van der Waals surface area contributed by atoms with Gasteiger partial charge in [-0.15, -0.1) is 0 Å². The van der Waals surface area contributed by atoms with Crippen LogP contribution >= 0.6 is 0 Å². The second-order valence-corrected chi connectivity index (χ2v) is 33.8. The first-order chi connectivity index (χ1) is 66.2. The van der Waals surface area contributed by atoms with Crippen LogP contribution in [0.3, 0.4) is 0 Å². The molecule has 8 N–H and O–H groups in total. The maximum absolute atomic E-state index is 14.2. The molecule has 3 aromatic heterocycles. The van der Waals surface area contributed by atoms with Gasteiger partial charge in [0, 0.05) is 57.0 Å². The van der Waals surface area contributed by atoms with Crippen molar-refractivity contribution >= 4 is 64.3 Å². The van der Waals surface area contributed by atoms with Gasteiger partial charge < -0.3 is 79.6 Å². The zero-order chi connectivity index (χ0) is 97.7. The lowest BCUT2D eigenvalue weighted by Crippen LogP contribution is -2.26. The molecule has 0 radical (unpaired) electrons. The van der Waals surface area contributed by atoms with Crippen LogP contribution in [0.15, 0.2) is 219 Å². The number of nitrogens with zero attached hydrogens (tertiary/aromatic N) is 5. The highest BCUT2D eigenvalue weighted by Gasteiger charge is 2.42. The molecule has 0 spiro atoms. The number of carbonyl (C=O) groups excluding carboxylic acids is 4. The van der Waals surface area contributed by atoms with Gasteiger partial charge in [0.15, 0.2) is 51.7 Å². The number of methoxy groups -OCH3 is 8. The minimum Gasteiger partial charge on any atom is -0.502 e. The lowest BCUT2D eigenvalue weighted by molar-refractivity contribution is -0.122. The molecular formula is C109H110F3N9O16. The van der Waals surface area contributed by atoms with E-state index in [1.54, 1.807) is 104 Å². The Morgan fingerprint density at radius 1 is 0.358 bits per heavy atom. The molecular weight excluding hydrogens is 1750 g/mol. The summed E-state index contributed by atoms with van der Waals surface area (Å²) in [6, 6.07) is 54.8. The molecule has 9 aromatic carbocycles. The number of rotatable bonds is 29. The molecule has 0 saturated heterocycles. The van der Waals surface area contributed by atoms with E-state index in [9.17, 15) is 52.8 Å². The third kappa shape index (κ3) is 23.8. The average Bonchev–Trinajstić information content (AvgIpc) is 1.62. The number of aromatic hydroxyl groups is 4. The predicted molar refractivity (Wildman–Crippen MR) is 517 cm³/mol. The van der Waals surface area contributed by atoms with E-state index in [4.69, 9.17) is 44.5 Å². The van der Waals surface area contributed by atoms with Crippen molar-refractivity contribution in [1.29, 1.82) is 0 Å². The Morgan fingerprint density at radius 3 is 1.07 bits per heavy atom. The molecule has 28 heteroatoms. The fraction of sp³-hybridized carbons (Fsp3) is 0.275. The molecule has 9 unspecified atom stereocenters. The topological polar surface area (TPSA) is 327 Å². The van der Waals surface area contributed by atoms with Crippen molar-refractivity contribution in [3.05, 3.63) is 337 Å². The summed E-state index contributed by atoms with van der Waals surface area (Å²) >= 11 is 0. The number of ether oxygens (including phenoxy) is 8. The number of nitrogens with one attached hydrogen (secondary N) is 4. The van der Waals surface area contributed by atoms with Crippen molar-refractivity contribution in [1.82, 2.24) is 41.2 Å². The Kier molecular flexibility index (Phi) is 33.1. The highest BCUT2D eigenvalue weighted by molar-refractivity contribution is 5.93. The summed E-state index contributed by atoms with van der Waals surface area (Å²) < 4.78 is 84.9. The van der Waals surface area contributed by atoms with E-state index in [0.717, 1.165) is 100 Å². The Balaban J connectivity index is 0.000000154. The molecule has 16 rings (SSSR count). The number of halogens is 3. The highest BCUT2D eigenvalue weighted by Crippen LogP contribution is 2.55. The summed E-state index contributed by atoms with van der Waals surface area (Å²) in [4.78, 5) is 71.4. The Hall–Kier alpha value is -15.7. The number of allylic oxidation sites excluding steroid dienone is 3. The molecule has 4 aliphatic rings. The van der Waals surface area contributed by atoms with Gasteiger partial charge in [-0.2, -0.15) is 0 Å². The van der Waals surface area contributed by atoms with E-state index in [-0.39, 0.29) is 148 Å². The molecule has 708 valence electrons. The molecule has 4 amide bonds. The van der Waals surface area contributed by atoms with E-state index in [1.165, 1.54) is 87.2 Å². The van der Waals surface area contributed by atoms with Crippen molar-refractivity contribution in [3.63, 3.8) is 0 Å². The van der Waals surface area contributed by atoms with Crippen LogP contribution in [0.2, 0.25) is 0 Å². The van der Waals surface area contributed by atoms with Crippen LogP contribution in [0.5, 0.6) is 69.0 Å². The summed E-state index contributed by atoms with van der Waals surface area (Å²) in [7, 11) is 11.9. The number of benzene rings is 9. The number of phenols is 4. The predicted octanol–water partition coefficient (Wildman–Crippen LogP) is 19.9. The molecule has 0 aliphatic heterocycles. The first-order valence-electron chi connectivity index (χ1n) is 44.7. The third-order valence-electron chi connectivity index (χ3n) is 25.6. The zero-order valence-corrected chi connectivity index (χ0v) is 78.1. The number of amides is 4. The number of carbonyl (C=O) groups is 4. The molecule has 25 nitrogen and oxygen atoms in total. The van der Waals surface area contributed by atoms with Crippen molar-refractivity contribution < 1.29 is 90.7 Å². The van der Waals surface area contributed by atoms with Crippen LogP contribution in [0.25, 0.3) is 39.8 Å². The van der Waals surface area contributed by atoms with Crippen LogP contribution in [0, 0.1) is 47.7 Å². The van der Waals surface area contributed by atoms with E-state index in [0.29, 0.717) is 84.8 Å². The van der Waals surface area contributed by atoms with Crippen molar-refractivity contribution in [3.8, 4) is 69.0 Å².